The van der Waals surface area contributed by atoms with Crippen molar-refractivity contribution >= 4 is 27.8 Å². The maximum absolute atomic E-state index is 12.6. The van der Waals surface area contributed by atoms with Gasteiger partial charge in [-0.1, -0.05) is 22.0 Å². The third-order valence-electron chi connectivity index (χ3n) is 3.49. The number of carbonyl (C=O) groups is 1. The van der Waals surface area contributed by atoms with Crippen LogP contribution in [0.5, 0.6) is 17.2 Å². The minimum atomic E-state index is -0.0569. The Labute approximate surface area is 142 Å². The van der Waals surface area contributed by atoms with Crippen LogP contribution in [0.3, 0.4) is 0 Å². The minimum absolute atomic E-state index is 0.0569. The molecule has 0 radical (unpaired) electrons. The standard InChI is InChI=1S/C18H15BrO4/c1-2-22-17-8-11(3-5-15(17)20)7-12-10-23-16-6-4-13(19)9-14(16)18(12)21/h3-9,20H,2,10H2,1H3/b12-7+. The normalized spacial score (nSPS) is 15.2. The Morgan fingerprint density at radius 1 is 1.30 bits per heavy atom. The van der Waals surface area contributed by atoms with Crippen LogP contribution in [0, 0.1) is 0 Å². The maximum atomic E-state index is 12.6. The lowest BCUT2D eigenvalue weighted by molar-refractivity contribution is 0.100. The summed E-state index contributed by atoms with van der Waals surface area (Å²) < 4.78 is 11.8. The Hall–Kier alpha value is -2.27. The summed E-state index contributed by atoms with van der Waals surface area (Å²) in [5.74, 6) is 1.01. The second-order valence-corrected chi connectivity index (χ2v) is 6.00. The third-order valence-corrected chi connectivity index (χ3v) is 3.98. The van der Waals surface area contributed by atoms with Crippen LogP contribution in [0.25, 0.3) is 6.08 Å². The smallest absolute Gasteiger partial charge is 0.196 e. The molecule has 23 heavy (non-hydrogen) atoms. The number of phenolic OH excluding ortho intramolecular Hbond substituents is 1. The van der Waals surface area contributed by atoms with Gasteiger partial charge in [-0.2, -0.15) is 0 Å². The second-order valence-electron chi connectivity index (χ2n) is 5.09. The predicted octanol–water partition coefficient (Wildman–Crippen LogP) is 4.21. The number of ketones is 1. The van der Waals surface area contributed by atoms with Crippen LogP contribution < -0.4 is 9.47 Å². The molecule has 0 aromatic heterocycles. The highest BCUT2D eigenvalue weighted by Gasteiger charge is 2.23. The molecule has 2 aromatic carbocycles. The largest absolute Gasteiger partial charge is 0.504 e. The molecule has 0 spiro atoms. The molecule has 1 N–H and O–H groups in total. The first-order valence-corrected chi connectivity index (χ1v) is 8.01. The molecule has 3 rings (SSSR count). The monoisotopic (exact) mass is 374 g/mol. The van der Waals surface area contributed by atoms with Gasteiger partial charge in [-0.3, -0.25) is 4.79 Å². The first-order valence-electron chi connectivity index (χ1n) is 7.22. The van der Waals surface area contributed by atoms with E-state index in [1.54, 1.807) is 36.4 Å². The van der Waals surface area contributed by atoms with E-state index in [2.05, 4.69) is 15.9 Å². The lowest BCUT2D eigenvalue weighted by Gasteiger charge is -2.19. The quantitative estimate of drug-likeness (QED) is 0.817. The highest BCUT2D eigenvalue weighted by molar-refractivity contribution is 9.10. The van der Waals surface area contributed by atoms with E-state index in [1.165, 1.54) is 0 Å². The fourth-order valence-electron chi connectivity index (χ4n) is 2.40. The van der Waals surface area contributed by atoms with Gasteiger partial charge in [0.25, 0.3) is 0 Å². The second kappa shape index (κ2) is 6.46. The average molecular weight is 375 g/mol. The number of aromatic hydroxyl groups is 1. The molecule has 0 saturated heterocycles. The molecule has 0 aliphatic carbocycles. The number of phenols is 1. The molecule has 118 valence electrons. The van der Waals surface area contributed by atoms with Crippen molar-refractivity contribution in [2.24, 2.45) is 0 Å². The van der Waals surface area contributed by atoms with Gasteiger partial charge in [0.05, 0.1) is 12.2 Å². The van der Waals surface area contributed by atoms with Gasteiger partial charge in [0, 0.05) is 10.0 Å². The molecule has 5 heteroatoms. The third kappa shape index (κ3) is 3.24. The molecule has 4 nitrogen and oxygen atoms in total. The van der Waals surface area contributed by atoms with Crippen molar-refractivity contribution < 1.29 is 19.4 Å². The number of halogens is 1. The summed E-state index contributed by atoms with van der Waals surface area (Å²) in [5, 5.41) is 9.74. The van der Waals surface area contributed by atoms with Crippen molar-refractivity contribution in [1.29, 1.82) is 0 Å². The molecule has 2 aromatic rings. The lowest BCUT2D eigenvalue weighted by atomic mass is 9.98. The van der Waals surface area contributed by atoms with E-state index in [4.69, 9.17) is 9.47 Å². The Morgan fingerprint density at radius 3 is 2.91 bits per heavy atom. The van der Waals surface area contributed by atoms with Crippen LogP contribution in [0.4, 0.5) is 0 Å². The minimum Gasteiger partial charge on any atom is -0.504 e. The molecule has 0 unspecified atom stereocenters. The van der Waals surface area contributed by atoms with Crippen LogP contribution in [-0.4, -0.2) is 24.1 Å². The molecule has 0 amide bonds. The molecule has 0 fully saturated rings. The molecular weight excluding hydrogens is 360 g/mol. The van der Waals surface area contributed by atoms with Crippen molar-refractivity contribution in [2.45, 2.75) is 6.92 Å². The van der Waals surface area contributed by atoms with Gasteiger partial charge in [0.1, 0.15) is 12.4 Å². The van der Waals surface area contributed by atoms with Gasteiger partial charge >= 0.3 is 0 Å². The van der Waals surface area contributed by atoms with Gasteiger partial charge in [-0.15, -0.1) is 0 Å². The summed E-state index contributed by atoms with van der Waals surface area (Å²) in [7, 11) is 0. The van der Waals surface area contributed by atoms with E-state index in [1.807, 2.05) is 13.0 Å². The number of ether oxygens (including phenoxy) is 2. The van der Waals surface area contributed by atoms with Crippen LogP contribution in [0.2, 0.25) is 0 Å². The zero-order valence-corrected chi connectivity index (χ0v) is 14.1. The summed E-state index contributed by atoms with van der Waals surface area (Å²) in [5.41, 5.74) is 1.88. The van der Waals surface area contributed by atoms with Crippen molar-refractivity contribution in [2.75, 3.05) is 13.2 Å². The van der Waals surface area contributed by atoms with E-state index in [9.17, 15) is 9.90 Å². The number of hydrogen-bond donors (Lipinski definition) is 1. The number of carbonyl (C=O) groups excluding carboxylic acids is 1. The van der Waals surface area contributed by atoms with Crippen LogP contribution in [0.15, 0.2) is 46.4 Å². The molecule has 0 bridgehead atoms. The van der Waals surface area contributed by atoms with E-state index in [-0.39, 0.29) is 18.1 Å². The highest BCUT2D eigenvalue weighted by Crippen LogP contribution is 2.32. The molecule has 1 heterocycles. The summed E-state index contributed by atoms with van der Waals surface area (Å²) in [4.78, 5) is 12.6. The van der Waals surface area contributed by atoms with Gasteiger partial charge in [-0.25, -0.2) is 0 Å². The number of benzene rings is 2. The van der Waals surface area contributed by atoms with Crippen LogP contribution in [0.1, 0.15) is 22.8 Å². The Morgan fingerprint density at radius 2 is 2.13 bits per heavy atom. The number of hydrogen-bond acceptors (Lipinski definition) is 4. The van der Waals surface area contributed by atoms with Crippen LogP contribution in [-0.2, 0) is 0 Å². The summed E-state index contributed by atoms with van der Waals surface area (Å²) in [6, 6.07) is 10.4. The first kappa shape index (κ1) is 15.6. The van der Waals surface area contributed by atoms with E-state index < -0.39 is 0 Å². The van der Waals surface area contributed by atoms with Gasteiger partial charge in [0.2, 0.25) is 0 Å². The van der Waals surface area contributed by atoms with E-state index in [0.717, 1.165) is 10.0 Å². The lowest BCUT2D eigenvalue weighted by Crippen LogP contribution is -2.19. The zero-order valence-electron chi connectivity index (χ0n) is 12.5. The summed E-state index contributed by atoms with van der Waals surface area (Å²) in [6.07, 6.45) is 1.76. The fraction of sp³-hybridized carbons (Fsp3) is 0.167. The number of fused-ring (bicyclic) bond motifs is 1. The predicted molar refractivity (Wildman–Crippen MR) is 91.2 cm³/mol. The van der Waals surface area contributed by atoms with Crippen molar-refractivity contribution in [1.82, 2.24) is 0 Å². The van der Waals surface area contributed by atoms with Crippen molar-refractivity contribution in [3.8, 4) is 17.2 Å². The fourth-order valence-corrected chi connectivity index (χ4v) is 2.76. The SMILES string of the molecule is CCOc1cc(/C=C2\COc3ccc(Br)cc3C2=O)ccc1O. The van der Waals surface area contributed by atoms with Gasteiger partial charge < -0.3 is 14.6 Å². The molecular formula is C18H15BrO4. The number of Topliss-reactive ketones (excluding diaryl/α,β-unsaturated/α-hetero) is 1. The molecule has 0 atom stereocenters. The van der Waals surface area contributed by atoms with Gasteiger partial charge in [-0.05, 0) is 48.9 Å². The van der Waals surface area contributed by atoms with E-state index in [0.29, 0.717) is 29.2 Å². The van der Waals surface area contributed by atoms with Crippen molar-refractivity contribution in [3.05, 3.63) is 57.6 Å². The molecule has 1 aliphatic heterocycles. The Balaban J connectivity index is 1.95. The van der Waals surface area contributed by atoms with Gasteiger partial charge in [0.15, 0.2) is 17.3 Å². The topological polar surface area (TPSA) is 55.8 Å². The maximum Gasteiger partial charge on any atom is 0.196 e. The Bertz CT molecular complexity index is 796. The average Bonchev–Trinajstić information content (AvgIpc) is 2.54. The van der Waals surface area contributed by atoms with Crippen molar-refractivity contribution in [3.63, 3.8) is 0 Å². The molecule has 1 aliphatic rings. The zero-order chi connectivity index (χ0) is 16.4. The molecule has 0 saturated carbocycles. The van der Waals surface area contributed by atoms with E-state index >= 15 is 0 Å². The highest BCUT2D eigenvalue weighted by atomic mass is 79.9. The summed E-state index contributed by atoms with van der Waals surface area (Å²) in [6.45, 7) is 2.52. The summed E-state index contributed by atoms with van der Waals surface area (Å²) >= 11 is 3.37. The Kier molecular flexibility index (Phi) is 4.39. The van der Waals surface area contributed by atoms with Crippen LogP contribution >= 0.6 is 15.9 Å². The first-order chi connectivity index (χ1) is 11.1. The number of rotatable bonds is 3.